The molecule has 21 heavy (non-hydrogen) atoms. The number of hydrogen-bond donors (Lipinski definition) is 1. The number of sulfone groups is 1. The Hall–Kier alpha value is -1.45. The Morgan fingerprint density at radius 3 is 2.29 bits per heavy atom. The molecule has 0 fully saturated rings. The monoisotopic (exact) mass is 335 g/mol. The van der Waals surface area contributed by atoms with E-state index in [9.17, 15) is 21.6 Å². The molecule has 0 aliphatic carbocycles. The van der Waals surface area contributed by atoms with Crippen molar-refractivity contribution in [3.63, 3.8) is 0 Å². The molecule has 0 spiro atoms. The van der Waals surface area contributed by atoms with Crippen molar-refractivity contribution < 1.29 is 26.4 Å². The molecule has 0 aliphatic rings. The van der Waals surface area contributed by atoms with Gasteiger partial charge in [0, 0.05) is 13.4 Å². The molecule has 0 heterocycles. The third-order valence-electron chi connectivity index (χ3n) is 2.73. The van der Waals surface area contributed by atoms with Crippen LogP contribution in [0.25, 0.3) is 0 Å². The Kier molecular flexibility index (Phi) is 5.48. The predicted molar refractivity (Wildman–Crippen MR) is 76.0 cm³/mol. The minimum absolute atomic E-state index is 0.142. The number of amides is 1. The molecule has 1 aromatic carbocycles. The van der Waals surface area contributed by atoms with Crippen LogP contribution in [-0.4, -0.2) is 42.2 Å². The number of carbonyl (C=O) groups is 1. The smallest absolute Gasteiger partial charge is 0.264 e. The van der Waals surface area contributed by atoms with Crippen molar-refractivity contribution in [1.82, 2.24) is 4.72 Å². The van der Waals surface area contributed by atoms with Crippen molar-refractivity contribution in [3.05, 3.63) is 24.3 Å². The van der Waals surface area contributed by atoms with E-state index in [0.29, 0.717) is 6.42 Å². The average Bonchev–Trinajstić information content (AvgIpc) is 2.38. The third-order valence-corrected chi connectivity index (χ3v) is 5.18. The van der Waals surface area contributed by atoms with Gasteiger partial charge in [0.25, 0.3) is 15.9 Å². The quantitative estimate of drug-likeness (QED) is 0.802. The summed E-state index contributed by atoms with van der Waals surface area (Å²) in [6, 6.07) is 4.78. The van der Waals surface area contributed by atoms with Crippen LogP contribution in [0.4, 0.5) is 0 Å². The topological polar surface area (TPSA) is 107 Å². The zero-order valence-corrected chi connectivity index (χ0v) is 13.5. The van der Waals surface area contributed by atoms with E-state index in [1.165, 1.54) is 25.3 Å². The molecule has 0 radical (unpaired) electrons. The highest BCUT2D eigenvalue weighted by Gasteiger charge is 2.24. The van der Waals surface area contributed by atoms with Gasteiger partial charge in [-0.1, -0.05) is 13.0 Å². The Morgan fingerprint density at radius 1 is 1.24 bits per heavy atom. The van der Waals surface area contributed by atoms with Crippen LogP contribution in [0, 0.1) is 0 Å². The number of carbonyl (C=O) groups excluding carboxylic acids is 1. The maximum Gasteiger partial charge on any atom is 0.264 e. The zero-order valence-electron chi connectivity index (χ0n) is 11.9. The van der Waals surface area contributed by atoms with Crippen LogP contribution in [-0.2, 0) is 29.4 Å². The first kappa shape index (κ1) is 17.6. The second-order valence-electron chi connectivity index (χ2n) is 4.35. The standard InChI is InChI=1S/C12H17NO6S2/c1-4-11(19-2)12(14)13-21(17,18)10-7-5-6-9(8-10)20(3,15)16/h5-8,11H,4H2,1-3H3,(H,13,14)/t11-/m1/s1. The van der Waals surface area contributed by atoms with Gasteiger partial charge in [-0.15, -0.1) is 0 Å². The number of methoxy groups -OCH3 is 1. The predicted octanol–water partition coefficient (Wildman–Crippen LogP) is 0.320. The van der Waals surface area contributed by atoms with Crippen molar-refractivity contribution in [2.24, 2.45) is 0 Å². The fourth-order valence-corrected chi connectivity index (χ4v) is 3.38. The van der Waals surface area contributed by atoms with Crippen LogP contribution in [0.15, 0.2) is 34.1 Å². The summed E-state index contributed by atoms with van der Waals surface area (Å²) in [5.74, 6) is -0.801. The molecule has 0 saturated heterocycles. The van der Waals surface area contributed by atoms with Gasteiger partial charge in [-0.05, 0) is 24.6 Å². The van der Waals surface area contributed by atoms with E-state index in [2.05, 4.69) is 0 Å². The molecule has 1 atom stereocenters. The molecular formula is C12H17NO6S2. The molecule has 0 aliphatic heterocycles. The van der Waals surface area contributed by atoms with Crippen molar-refractivity contribution in [3.8, 4) is 0 Å². The second kappa shape index (κ2) is 6.54. The maximum absolute atomic E-state index is 12.1. The van der Waals surface area contributed by atoms with E-state index >= 15 is 0 Å². The fraction of sp³-hybridized carbons (Fsp3) is 0.417. The first-order valence-electron chi connectivity index (χ1n) is 6.01. The summed E-state index contributed by atoms with van der Waals surface area (Å²) in [5, 5.41) is 0. The lowest BCUT2D eigenvalue weighted by Gasteiger charge is -2.13. The molecule has 1 rings (SSSR count). The van der Waals surface area contributed by atoms with Gasteiger partial charge in [-0.25, -0.2) is 21.6 Å². The number of hydrogen-bond acceptors (Lipinski definition) is 6. The first-order valence-corrected chi connectivity index (χ1v) is 9.39. The van der Waals surface area contributed by atoms with Gasteiger partial charge in [0.1, 0.15) is 6.10 Å². The molecule has 0 unspecified atom stereocenters. The van der Waals surface area contributed by atoms with Gasteiger partial charge >= 0.3 is 0 Å². The van der Waals surface area contributed by atoms with Crippen molar-refractivity contribution >= 4 is 25.8 Å². The van der Waals surface area contributed by atoms with Gasteiger partial charge in [-0.3, -0.25) is 4.79 Å². The summed E-state index contributed by atoms with van der Waals surface area (Å²) in [6.45, 7) is 1.67. The van der Waals surface area contributed by atoms with Gasteiger partial charge in [-0.2, -0.15) is 0 Å². The SMILES string of the molecule is CC[C@@H](OC)C(=O)NS(=O)(=O)c1cccc(S(C)(=O)=O)c1. The lowest BCUT2D eigenvalue weighted by Crippen LogP contribution is -2.39. The Balaban J connectivity index is 3.12. The highest BCUT2D eigenvalue weighted by molar-refractivity contribution is 7.91. The Morgan fingerprint density at radius 2 is 1.81 bits per heavy atom. The molecule has 0 aromatic heterocycles. The van der Waals surface area contributed by atoms with E-state index in [1.54, 1.807) is 6.92 Å². The Bertz CT molecular complexity index is 720. The molecule has 0 bridgehead atoms. The van der Waals surface area contributed by atoms with Crippen LogP contribution in [0.3, 0.4) is 0 Å². The highest BCUT2D eigenvalue weighted by Crippen LogP contribution is 2.15. The minimum atomic E-state index is -4.15. The van der Waals surface area contributed by atoms with Gasteiger partial charge < -0.3 is 4.74 Å². The third kappa shape index (κ3) is 4.51. The molecular weight excluding hydrogens is 318 g/mol. The molecule has 9 heteroatoms. The van der Waals surface area contributed by atoms with Crippen LogP contribution in [0.1, 0.15) is 13.3 Å². The number of sulfonamides is 1. The molecule has 0 saturated carbocycles. The van der Waals surface area contributed by atoms with Crippen molar-refractivity contribution in [2.75, 3.05) is 13.4 Å². The number of nitrogens with one attached hydrogen (secondary N) is 1. The first-order chi connectivity index (χ1) is 9.61. The summed E-state index contributed by atoms with van der Waals surface area (Å²) in [4.78, 5) is 11.3. The molecule has 118 valence electrons. The summed E-state index contributed by atoms with van der Waals surface area (Å²) < 4.78 is 53.7. The fourth-order valence-electron chi connectivity index (χ4n) is 1.59. The van der Waals surface area contributed by atoms with E-state index in [4.69, 9.17) is 4.74 Å². The average molecular weight is 335 g/mol. The van der Waals surface area contributed by atoms with Gasteiger partial charge in [0.15, 0.2) is 9.84 Å². The van der Waals surface area contributed by atoms with E-state index in [0.717, 1.165) is 12.3 Å². The minimum Gasteiger partial charge on any atom is -0.372 e. The number of benzene rings is 1. The molecule has 1 aromatic rings. The maximum atomic E-state index is 12.1. The van der Waals surface area contributed by atoms with Crippen molar-refractivity contribution in [2.45, 2.75) is 29.2 Å². The Labute approximate surface area is 124 Å². The van der Waals surface area contributed by atoms with Crippen LogP contribution < -0.4 is 4.72 Å². The number of rotatable bonds is 6. The largest absolute Gasteiger partial charge is 0.372 e. The second-order valence-corrected chi connectivity index (χ2v) is 8.05. The lowest BCUT2D eigenvalue weighted by atomic mass is 10.3. The molecule has 7 nitrogen and oxygen atoms in total. The molecule has 1 amide bonds. The van der Waals surface area contributed by atoms with Crippen LogP contribution in [0.5, 0.6) is 0 Å². The van der Waals surface area contributed by atoms with E-state index in [-0.39, 0.29) is 9.79 Å². The summed E-state index contributed by atoms with van der Waals surface area (Å²) in [6.07, 6.45) is 0.384. The van der Waals surface area contributed by atoms with Gasteiger partial charge in [0.05, 0.1) is 9.79 Å². The number of ether oxygens (including phenoxy) is 1. The lowest BCUT2D eigenvalue weighted by molar-refractivity contribution is -0.129. The normalized spacial score (nSPS) is 13.7. The van der Waals surface area contributed by atoms with E-state index < -0.39 is 31.9 Å². The highest BCUT2D eigenvalue weighted by atomic mass is 32.2. The summed E-state index contributed by atoms with van der Waals surface area (Å²) in [7, 11) is -6.40. The van der Waals surface area contributed by atoms with Crippen LogP contribution in [0.2, 0.25) is 0 Å². The van der Waals surface area contributed by atoms with E-state index in [1.807, 2.05) is 4.72 Å². The summed E-state index contributed by atoms with van der Waals surface area (Å²) in [5.41, 5.74) is 0. The molecule has 1 N–H and O–H groups in total. The van der Waals surface area contributed by atoms with Gasteiger partial charge in [0.2, 0.25) is 0 Å². The van der Waals surface area contributed by atoms with Crippen molar-refractivity contribution in [1.29, 1.82) is 0 Å². The zero-order chi connectivity index (χ0) is 16.3. The summed E-state index contributed by atoms with van der Waals surface area (Å²) >= 11 is 0. The van der Waals surface area contributed by atoms with Crippen LogP contribution >= 0.6 is 0 Å².